The van der Waals surface area contributed by atoms with Crippen molar-refractivity contribution >= 4 is 30.2 Å². The molecule has 0 saturated heterocycles. The molecule has 17 heteroatoms. The molecule has 0 bridgehead atoms. The molecule has 1 amide bonds. The van der Waals surface area contributed by atoms with Gasteiger partial charge in [-0.15, -0.1) is 11.3 Å². The molecule has 3 aromatic heterocycles. The van der Waals surface area contributed by atoms with Crippen molar-refractivity contribution in [3.63, 3.8) is 0 Å². The molecule has 0 aromatic carbocycles. The quantitative estimate of drug-likeness (QED) is 0.332. The zero-order chi connectivity index (χ0) is 25.1. The number of anilines is 1. The number of alkyl halides is 3. The van der Waals surface area contributed by atoms with Gasteiger partial charge in [0.1, 0.15) is 18.8 Å². The molecule has 182 valence electrons. The number of carbonyl (C=O) groups excluding carboxylic acids is 1. The number of nitrogens with zero attached hydrogens (tertiary/aromatic N) is 5. The lowest BCUT2D eigenvalue weighted by Crippen LogP contribution is -2.33. The molecule has 0 atom stereocenters. The molecule has 3 heterocycles. The van der Waals surface area contributed by atoms with Crippen LogP contribution in [-0.4, -0.2) is 56.6 Å². The van der Waals surface area contributed by atoms with Gasteiger partial charge >= 0.3 is 14.0 Å². The topological polar surface area (TPSA) is 157 Å². The SMILES string of the molecule is COc1ncnc(OC)c1C(=O)N(COP(=O)(O)O)c1nc(-c2ccc(C(F)(F)F)cn2)cs1. The molecule has 34 heavy (non-hydrogen) atoms. The van der Waals surface area contributed by atoms with Crippen LogP contribution in [0.4, 0.5) is 18.3 Å². The molecule has 0 radical (unpaired) electrons. The van der Waals surface area contributed by atoms with Crippen molar-refractivity contribution in [1.29, 1.82) is 0 Å². The lowest BCUT2D eigenvalue weighted by Gasteiger charge is -2.21. The first-order valence-corrected chi connectivity index (χ1v) is 11.3. The zero-order valence-corrected chi connectivity index (χ0v) is 19.0. The summed E-state index contributed by atoms with van der Waals surface area (Å²) in [5.74, 6) is -1.33. The first-order chi connectivity index (χ1) is 15.9. The van der Waals surface area contributed by atoms with Crippen LogP contribution in [0.3, 0.4) is 0 Å². The lowest BCUT2D eigenvalue weighted by atomic mass is 10.2. The van der Waals surface area contributed by atoms with E-state index in [-0.39, 0.29) is 33.8 Å². The second kappa shape index (κ2) is 9.99. The highest BCUT2D eigenvalue weighted by atomic mass is 32.1. The normalized spacial score (nSPS) is 11.9. The Labute approximate surface area is 193 Å². The predicted octanol–water partition coefficient (Wildman–Crippen LogP) is 2.74. The number of rotatable bonds is 8. The average molecular weight is 521 g/mol. The third-order valence-electron chi connectivity index (χ3n) is 4.05. The summed E-state index contributed by atoms with van der Waals surface area (Å²) in [5, 5.41) is 1.27. The number of amides is 1. The average Bonchev–Trinajstić information content (AvgIpc) is 3.27. The standard InChI is InChI=1S/C17H15F3N5O7PS/c1-30-13-12(14(31-2)23-7-22-13)15(26)25(8-32-33(27,28)29)16-24-11(6-34-16)10-4-3-9(5-21-10)17(18,19)20/h3-7H,8H2,1-2H3,(H2,27,28,29). The molecule has 0 saturated carbocycles. The summed E-state index contributed by atoms with van der Waals surface area (Å²) in [4.78, 5) is 47.8. The molecular formula is C17H15F3N5O7PS. The number of carbonyl (C=O) groups is 1. The van der Waals surface area contributed by atoms with Crippen LogP contribution in [0.15, 0.2) is 30.0 Å². The van der Waals surface area contributed by atoms with E-state index in [0.717, 1.165) is 34.7 Å². The van der Waals surface area contributed by atoms with Crippen LogP contribution in [0.2, 0.25) is 0 Å². The van der Waals surface area contributed by atoms with E-state index in [2.05, 4.69) is 24.5 Å². The number of ether oxygens (including phenoxy) is 2. The van der Waals surface area contributed by atoms with Crippen LogP contribution >= 0.6 is 19.2 Å². The molecule has 0 spiro atoms. The predicted molar refractivity (Wildman–Crippen MR) is 110 cm³/mol. The minimum atomic E-state index is -5.01. The van der Waals surface area contributed by atoms with Crippen LogP contribution in [0, 0.1) is 0 Å². The number of aromatic nitrogens is 4. The second-order valence-corrected chi connectivity index (χ2v) is 8.27. The van der Waals surface area contributed by atoms with E-state index >= 15 is 0 Å². The van der Waals surface area contributed by atoms with Crippen molar-refractivity contribution in [1.82, 2.24) is 19.9 Å². The van der Waals surface area contributed by atoms with Gasteiger partial charge in [-0.3, -0.25) is 19.2 Å². The Kier molecular flexibility index (Phi) is 7.48. The van der Waals surface area contributed by atoms with Gasteiger partial charge in [-0.2, -0.15) is 13.2 Å². The molecule has 0 aliphatic carbocycles. The van der Waals surface area contributed by atoms with Crippen LogP contribution in [0.25, 0.3) is 11.4 Å². The number of phosphoric ester groups is 1. The maximum atomic E-state index is 13.3. The van der Waals surface area contributed by atoms with E-state index in [1.807, 2.05) is 0 Å². The fourth-order valence-electron chi connectivity index (χ4n) is 2.53. The highest BCUT2D eigenvalue weighted by molar-refractivity contribution is 7.46. The molecule has 12 nitrogen and oxygen atoms in total. The highest BCUT2D eigenvalue weighted by Crippen LogP contribution is 2.38. The van der Waals surface area contributed by atoms with Gasteiger partial charge in [0.15, 0.2) is 10.7 Å². The molecule has 3 rings (SSSR count). The maximum Gasteiger partial charge on any atom is 0.471 e. The Balaban J connectivity index is 2.00. The first kappa shape index (κ1) is 25.5. The fraction of sp³-hybridized carbons (Fsp3) is 0.235. The Morgan fingerprint density at radius 3 is 2.26 bits per heavy atom. The maximum absolute atomic E-state index is 13.3. The van der Waals surface area contributed by atoms with Gasteiger partial charge in [0.2, 0.25) is 11.8 Å². The number of pyridine rings is 1. The Bertz CT molecular complexity index is 1200. The summed E-state index contributed by atoms with van der Waals surface area (Å²) in [5.41, 5.74) is -1.07. The number of phosphoric acid groups is 1. The molecule has 0 aliphatic heterocycles. The summed E-state index contributed by atoms with van der Waals surface area (Å²) >= 11 is 0.839. The molecule has 2 N–H and O–H groups in total. The van der Waals surface area contributed by atoms with Crippen molar-refractivity contribution < 1.29 is 46.3 Å². The third kappa shape index (κ3) is 5.84. The lowest BCUT2D eigenvalue weighted by molar-refractivity contribution is -0.137. The molecule has 0 fully saturated rings. The van der Waals surface area contributed by atoms with Gasteiger partial charge < -0.3 is 19.3 Å². The van der Waals surface area contributed by atoms with Crippen LogP contribution in [0.5, 0.6) is 11.8 Å². The fourth-order valence-corrected chi connectivity index (χ4v) is 3.60. The largest absolute Gasteiger partial charge is 0.480 e. The number of hydrogen-bond donors (Lipinski definition) is 2. The second-order valence-electron chi connectivity index (χ2n) is 6.19. The molecular weight excluding hydrogens is 506 g/mol. The van der Waals surface area contributed by atoms with Crippen molar-refractivity contribution in [2.45, 2.75) is 6.18 Å². The van der Waals surface area contributed by atoms with E-state index < -0.39 is 32.2 Å². The Hall–Kier alpha value is -3.17. The number of hydrogen-bond acceptors (Lipinski definition) is 10. The van der Waals surface area contributed by atoms with Gasteiger partial charge in [0.05, 0.1) is 25.5 Å². The number of thiazole rings is 1. The van der Waals surface area contributed by atoms with Crippen molar-refractivity contribution in [3.8, 4) is 23.1 Å². The summed E-state index contributed by atoms with van der Waals surface area (Å²) in [6.45, 7) is -0.947. The third-order valence-corrected chi connectivity index (χ3v) is 5.37. The minimum Gasteiger partial charge on any atom is -0.480 e. The van der Waals surface area contributed by atoms with Gasteiger partial charge in [0, 0.05) is 11.6 Å². The van der Waals surface area contributed by atoms with E-state index in [9.17, 15) is 22.5 Å². The monoisotopic (exact) mass is 521 g/mol. The minimum absolute atomic E-state index is 0.0667. The van der Waals surface area contributed by atoms with E-state index in [1.54, 1.807) is 0 Å². The van der Waals surface area contributed by atoms with Crippen molar-refractivity contribution in [2.75, 3.05) is 25.9 Å². The Morgan fingerprint density at radius 1 is 1.12 bits per heavy atom. The zero-order valence-electron chi connectivity index (χ0n) is 17.3. The molecule has 3 aromatic rings. The number of halogens is 3. The van der Waals surface area contributed by atoms with E-state index in [0.29, 0.717) is 6.20 Å². The van der Waals surface area contributed by atoms with E-state index in [1.165, 1.54) is 19.6 Å². The van der Waals surface area contributed by atoms with Gasteiger partial charge in [-0.1, -0.05) is 0 Å². The van der Waals surface area contributed by atoms with Gasteiger partial charge in [0.25, 0.3) is 5.91 Å². The van der Waals surface area contributed by atoms with Crippen molar-refractivity contribution in [2.24, 2.45) is 0 Å². The first-order valence-electron chi connectivity index (χ1n) is 8.88. The van der Waals surface area contributed by atoms with Crippen LogP contribution < -0.4 is 14.4 Å². The molecule has 0 aliphatic rings. The summed E-state index contributed by atoms with van der Waals surface area (Å²) < 4.78 is 64.2. The Morgan fingerprint density at radius 2 is 1.76 bits per heavy atom. The van der Waals surface area contributed by atoms with Crippen LogP contribution in [-0.2, 0) is 15.3 Å². The number of methoxy groups -OCH3 is 2. The summed E-state index contributed by atoms with van der Waals surface area (Å²) in [6.07, 6.45) is -2.87. The van der Waals surface area contributed by atoms with Gasteiger partial charge in [-0.05, 0) is 12.1 Å². The summed E-state index contributed by atoms with van der Waals surface area (Å²) in [6, 6.07) is 1.91. The summed E-state index contributed by atoms with van der Waals surface area (Å²) in [7, 11) is -2.55. The smallest absolute Gasteiger partial charge is 0.471 e. The highest BCUT2D eigenvalue weighted by Gasteiger charge is 2.32. The van der Waals surface area contributed by atoms with E-state index in [4.69, 9.17) is 19.3 Å². The van der Waals surface area contributed by atoms with Crippen molar-refractivity contribution in [3.05, 3.63) is 41.2 Å². The van der Waals surface area contributed by atoms with Gasteiger partial charge in [-0.25, -0.2) is 19.5 Å². The van der Waals surface area contributed by atoms with Crippen LogP contribution in [0.1, 0.15) is 15.9 Å². The molecule has 0 unspecified atom stereocenters.